The van der Waals surface area contributed by atoms with Crippen LogP contribution in [0.1, 0.15) is 39.5 Å². The van der Waals surface area contributed by atoms with E-state index in [4.69, 9.17) is 25.9 Å². The van der Waals surface area contributed by atoms with Gasteiger partial charge < -0.3 is 14.3 Å². The minimum atomic E-state index is -0.470. The molecule has 0 N–H and O–H groups in total. The van der Waals surface area contributed by atoms with Crippen molar-refractivity contribution in [1.82, 2.24) is 0 Å². The minimum absolute atomic E-state index is 0.104. The average Bonchev–Trinajstić information content (AvgIpc) is 2.54. The Kier molecular flexibility index (Phi) is 12.0. The van der Waals surface area contributed by atoms with E-state index in [0.29, 0.717) is 34.2 Å². The molecule has 0 heterocycles. The third-order valence-electron chi connectivity index (χ3n) is 3.08. The summed E-state index contributed by atoms with van der Waals surface area (Å²) in [6.07, 6.45) is 5.26. The highest BCUT2D eigenvalue weighted by Crippen LogP contribution is 2.37. The Labute approximate surface area is 176 Å². The molecule has 0 spiro atoms. The van der Waals surface area contributed by atoms with Gasteiger partial charge in [-0.25, -0.2) is 0 Å². The zero-order chi connectivity index (χ0) is 19.4. The molecule has 0 unspecified atom stereocenters. The largest absolute Gasteiger partial charge is 0.491 e. The third kappa shape index (κ3) is 10.4. The summed E-state index contributed by atoms with van der Waals surface area (Å²) in [5.74, 6) is 1.11. The quantitative estimate of drug-likeness (QED) is 0.170. The summed E-state index contributed by atoms with van der Waals surface area (Å²) in [6.45, 7) is 5.12. The first-order valence-corrected chi connectivity index (χ1v) is 10.3. The standard InChI is InChI=1S/C18H23Br2ClFNO3/c1-13(2)23-26-9-6-4-3-5-8-25-18-15(19)11-14(12-16(18)21)24-10-7-17(20)22/h7,11-12H,3-6,8-10H2,1-2H3/b17-7-. The molecule has 0 aliphatic rings. The lowest BCUT2D eigenvalue weighted by atomic mass is 10.2. The zero-order valence-corrected chi connectivity index (χ0v) is 18.8. The van der Waals surface area contributed by atoms with Crippen molar-refractivity contribution >= 4 is 49.2 Å². The molecule has 1 aromatic carbocycles. The molecule has 0 aromatic heterocycles. The summed E-state index contributed by atoms with van der Waals surface area (Å²) in [5, 5.41) is 4.33. The Morgan fingerprint density at radius 1 is 1.15 bits per heavy atom. The fraction of sp³-hybridized carbons (Fsp3) is 0.500. The Morgan fingerprint density at radius 3 is 2.46 bits per heavy atom. The number of unbranched alkanes of at least 4 members (excludes halogenated alkanes) is 3. The van der Waals surface area contributed by atoms with Crippen LogP contribution in [0, 0.1) is 0 Å². The van der Waals surface area contributed by atoms with Crippen molar-refractivity contribution in [2.75, 3.05) is 19.8 Å². The van der Waals surface area contributed by atoms with Crippen LogP contribution < -0.4 is 9.47 Å². The van der Waals surface area contributed by atoms with E-state index in [2.05, 4.69) is 37.0 Å². The summed E-state index contributed by atoms with van der Waals surface area (Å²) in [4.78, 5) is 5.15. The summed E-state index contributed by atoms with van der Waals surface area (Å²) in [7, 11) is 0. The van der Waals surface area contributed by atoms with E-state index < -0.39 is 4.74 Å². The van der Waals surface area contributed by atoms with Gasteiger partial charge in [-0.2, -0.15) is 4.39 Å². The van der Waals surface area contributed by atoms with Crippen LogP contribution in [0.5, 0.6) is 11.5 Å². The van der Waals surface area contributed by atoms with E-state index in [1.807, 2.05) is 13.8 Å². The minimum Gasteiger partial charge on any atom is -0.491 e. The lowest BCUT2D eigenvalue weighted by Gasteiger charge is -2.12. The second-order valence-corrected chi connectivity index (χ2v) is 7.67. The van der Waals surface area contributed by atoms with Gasteiger partial charge in [0.1, 0.15) is 19.0 Å². The number of benzene rings is 1. The van der Waals surface area contributed by atoms with Gasteiger partial charge in [-0.1, -0.05) is 16.8 Å². The maximum Gasteiger partial charge on any atom is 0.165 e. The SMILES string of the molecule is CC(C)=NOCCCCCCOc1c(Cl)cc(OC/C=C(\F)Br)cc1Br. The molecule has 0 atom stereocenters. The van der Waals surface area contributed by atoms with Gasteiger partial charge in [-0.05, 0) is 83.5 Å². The second kappa shape index (κ2) is 13.4. The second-order valence-electron chi connectivity index (χ2n) is 5.66. The van der Waals surface area contributed by atoms with E-state index in [9.17, 15) is 4.39 Å². The molecule has 26 heavy (non-hydrogen) atoms. The maximum absolute atomic E-state index is 12.6. The van der Waals surface area contributed by atoms with Gasteiger partial charge in [0.25, 0.3) is 0 Å². The predicted molar refractivity (Wildman–Crippen MR) is 111 cm³/mol. The molecule has 0 saturated heterocycles. The molecule has 146 valence electrons. The molecule has 0 aliphatic carbocycles. The van der Waals surface area contributed by atoms with E-state index in [-0.39, 0.29) is 6.61 Å². The summed E-state index contributed by atoms with van der Waals surface area (Å²) in [6, 6.07) is 3.39. The van der Waals surface area contributed by atoms with Gasteiger partial charge in [0.2, 0.25) is 0 Å². The maximum atomic E-state index is 12.6. The lowest BCUT2D eigenvalue weighted by Crippen LogP contribution is -2.00. The average molecular weight is 516 g/mol. The number of rotatable bonds is 12. The molecule has 0 saturated carbocycles. The molecule has 0 aliphatic heterocycles. The van der Waals surface area contributed by atoms with Crippen LogP contribution in [-0.4, -0.2) is 25.5 Å². The molecule has 0 amide bonds. The number of hydrogen-bond acceptors (Lipinski definition) is 4. The lowest BCUT2D eigenvalue weighted by molar-refractivity contribution is 0.139. The molecular formula is C18H23Br2ClFNO3. The van der Waals surface area contributed by atoms with E-state index in [1.54, 1.807) is 12.1 Å². The number of ether oxygens (including phenoxy) is 2. The molecule has 4 nitrogen and oxygen atoms in total. The van der Waals surface area contributed by atoms with Crippen LogP contribution in [0.2, 0.25) is 5.02 Å². The highest BCUT2D eigenvalue weighted by Gasteiger charge is 2.10. The summed E-state index contributed by atoms with van der Waals surface area (Å²) >= 11 is 12.4. The molecule has 0 radical (unpaired) electrons. The van der Waals surface area contributed by atoms with E-state index in [1.165, 1.54) is 6.08 Å². The van der Waals surface area contributed by atoms with Gasteiger partial charge in [0.05, 0.1) is 21.8 Å². The van der Waals surface area contributed by atoms with Gasteiger partial charge in [-0.15, -0.1) is 0 Å². The van der Waals surface area contributed by atoms with Crippen LogP contribution in [0.15, 0.2) is 32.6 Å². The molecule has 1 rings (SSSR count). The van der Waals surface area contributed by atoms with Crippen molar-refractivity contribution in [2.24, 2.45) is 5.16 Å². The molecular weight excluding hydrogens is 492 g/mol. The van der Waals surface area contributed by atoms with Crippen molar-refractivity contribution in [3.05, 3.63) is 32.4 Å². The van der Waals surface area contributed by atoms with Gasteiger partial charge in [0.15, 0.2) is 10.5 Å². The Morgan fingerprint density at radius 2 is 1.85 bits per heavy atom. The molecule has 8 heteroatoms. The van der Waals surface area contributed by atoms with Gasteiger partial charge in [0, 0.05) is 6.07 Å². The van der Waals surface area contributed by atoms with Crippen LogP contribution >= 0.6 is 43.5 Å². The number of oxime groups is 1. The Bertz CT molecular complexity index is 595. The van der Waals surface area contributed by atoms with E-state index in [0.717, 1.165) is 31.4 Å². The third-order valence-corrected chi connectivity index (χ3v) is 4.28. The first-order chi connectivity index (χ1) is 12.4. The fourth-order valence-corrected chi connectivity index (χ4v) is 2.99. The zero-order valence-electron chi connectivity index (χ0n) is 14.9. The highest BCUT2D eigenvalue weighted by atomic mass is 79.9. The normalized spacial score (nSPS) is 11.2. The first-order valence-electron chi connectivity index (χ1n) is 8.29. The van der Waals surface area contributed by atoms with Crippen molar-refractivity contribution in [3.8, 4) is 11.5 Å². The van der Waals surface area contributed by atoms with Crippen molar-refractivity contribution < 1.29 is 18.7 Å². The van der Waals surface area contributed by atoms with E-state index >= 15 is 0 Å². The topological polar surface area (TPSA) is 40.0 Å². The van der Waals surface area contributed by atoms with Gasteiger partial charge >= 0.3 is 0 Å². The van der Waals surface area contributed by atoms with Gasteiger partial charge in [-0.3, -0.25) is 0 Å². The van der Waals surface area contributed by atoms with Crippen molar-refractivity contribution in [1.29, 1.82) is 0 Å². The monoisotopic (exact) mass is 513 g/mol. The number of hydrogen-bond donors (Lipinski definition) is 0. The van der Waals surface area contributed by atoms with Crippen molar-refractivity contribution in [3.63, 3.8) is 0 Å². The fourth-order valence-electron chi connectivity index (χ4n) is 1.93. The summed E-state index contributed by atoms with van der Waals surface area (Å²) in [5.41, 5.74) is 0.920. The first kappa shape index (κ1) is 23.2. The molecule has 0 bridgehead atoms. The van der Waals surface area contributed by atoms with Crippen LogP contribution in [-0.2, 0) is 4.84 Å². The Balaban J connectivity index is 2.30. The number of nitrogens with zero attached hydrogens (tertiary/aromatic N) is 1. The highest BCUT2D eigenvalue weighted by molar-refractivity contribution is 9.11. The summed E-state index contributed by atoms with van der Waals surface area (Å²) < 4.78 is 24.0. The number of halogens is 4. The van der Waals surface area contributed by atoms with Crippen molar-refractivity contribution in [2.45, 2.75) is 39.5 Å². The smallest absolute Gasteiger partial charge is 0.165 e. The predicted octanol–water partition coefficient (Wildman–Crippen LogP) is 7.04. The van der Waals surface area contributed by atoms with Crippen LogP contribution in [0.25, 0.3) is 0 Å². The molecule has 1 aromatic rings. The van der Waals surface area contributed by atoms with Crippen LogP contribution in [0.3, 0.4) is 0 Å². The van der Waals surface area contributed by atoms with Crippen LogP contribution in [0.4, 0.5) is 4.39 Å². The molecule has 0 fully saturated rings. The Hall–Kier alpha value is -0.790.